The minimum atomic E-state index is -0.406. The Hall–Kier alpha value is -1.62. The molecule has 0 fully saturated rings. The van der Waals surface area contributed by atoms with Gasteiger partial charge in [-0.3, -0.25) is 4.68 Å². The smallest absolute Gasteiger partial charge is 0.126 e. The standard InChI is InChI=1S/C11H17N5/c1-4-11(2,12)10-13-7-8(15-10)9-5-6-14-16(9)3/h5-7H,4,12H2,1-3H3,(H,13,15). The third kappa shape index (κ3) is 1.74. The Morgan fingerprint density at radius 2 is 2.31 bits per heavy atom. The average molecular weight is 219 g/mol. The van der Waals surface area contributed by atoms with Crippen LogP contribution >= 0.6 is 0 Å². The lowest BCUT2D eigenvalue weighted by atomic mass is 10.0. The molecule has 0 aliphatic rings. The molecule has 2 aromatic heterocycles. The number of aromatic nitrogens is 4. The molecule has 0 radical (unpaired) electrons. The van der Waals surface area contributed by atoms with Crippen LogP contribution in [0.5, 0.6) is 0 Å². The molecule has 0 saturated carbocycles. The largest absolute Gasteiger partial charge is 0.339 e. The van der Waals surface area contributed by atoms with E-state index in [4.69, 9.17) is 5.73 Å². The first-order valence-electron chi connectivity index (χ1n) is 5.37. The van der Waals surface area contributed by atoms with Crippen LogP contribution in [-0.2, 0) is 12.6 Å². The van der Waals surface area contributed by atoms with E-state index in [9.17, 15) is 0 Å². The molecule has 86 valence electrons. The molecule has 0 bridgehead atoms. The first kappa shape index (κ1) is 10.9. The van der Waals surface area contributed by atoms with Crippen LogP contribution in [0.25, 0.3) is 11.4 Å². The lowest BCUT2D eigenvalue weighted by Crippen LogP contribution is -2.33. The van der Waals surface area contributed by atoms with E-state index in [1.807, 2.05) is 27.0 Å². The number of hydrogen-bond acceptors (Lipinski definition) is 3. The molecule has 1 atom stereocenters. The van der Waals surface area contributed by atoms with Crippen LogP contribution in [0.1, 0.15) is 26.1 Å². The molecule has 5 nitrogen and oxygen atoms in total. The zero-order chi connectivity index (χ0) is 11.8. The van der Waals surface area contributed by atoms with Gasteiger partial charge in [-0.1, -0.05) is 6.92 Å². The summed E-state index contributed by atoms with van der Waals surface area (Å²) in [5, 5.41) is 4.12. The van der Waals surface area contributed by atoms with Crippen LogP contribution in [0.2, 0.25) is 0 Å². The normalized spacial score (nSPS) is 15.0. The molecule has 5 heteroatoms. The van der Waals surface area contributed by atoms with E-state index < -0.39 is 5.54 Å². The molecular formula is C11H17N5. The zero-order valence-electron chi connectivity index (χ0n) is 9.86. The number of H-pyrrole nitrogens is 1. The van der Waals surface area contributed by atoms with Crippen molar-refractivity contribution in [1.29, 1.82) is 0 Å². The lowest BCUT2D eigenvalue weighted by Gasteiger charge is -2.19. The quantitative estimate of drug-likeness (QED) is 0.819. The summed E-state index contributed by atoms with van der Waals surface area (Å²) >= 11 is 0. The van der Waals surface area contributed by atoms with Crippen LogP contribution in [0.4, 0.5) is 0 Å². The Labute approximate surface area is 94.7 Å². The highest BCUT2D eigenvalue weighted by Gasteiger charge is 2.22. The molecule has 0 spiro atoms. The van der Waals surface area contributed by atoms with E-state index in [1.165, 1.54) is 0 Å². The Morgan fingerprint density at radius 1 is 1.56 bits per heavy atom. The average Bonchev–Trinajstić information content (AvgIpc) is 2.85. The van der Waals surface area contributed by atoms with Crippen molar-refractivity contribution in [3.8, 4) is 11.4 Å². The number of hydrogen-bond donors (Lipinski definition) is 2. The molecule has 0 amide bonds. The number of nitrogens with zero attached hydrogens (tertiary/aromatic N) is 3. The van der Waals surface area contributed by atoms with Gasteiger partial charge in [-0.05, 0) is 19.4 Å². The number of imidazole rings is 1. The molecule has 2 aromatic rings. The molecule has 0 saturated heterocycles. The molecule has 2 heterocycles. The predicted molar refractivity (Wildman–Crippen MR) is 62.6 cm³/mol. The maximum Gasteiger partial charge on any atom is 0.126 e. The second-order valence-corrected chi connectivity index (χ2v) is 4.26. The van der Waals surface area contributed by atoms with Gasteiger partial charge in [0.2, 0.25) is 0 Å². The van der Waals surface area contributed by atoms with Crippen LogP contribution in [0, 0.1) is 0 Å². The molecular weight excluding hydrogens is 202 g/mol. The number of aromatic amines is 1. The van der Waals surface area contributed by atoms with Crippen molar-refractivity contribution in [3.63, 3.8) is 0 Å². The minimum Gasteiger partial charge on any atom is -0.339 e. The Balaban J connectivity index is 2.37. The van der Waals surface area contributed by atoms with E-state index in [0.29, 0.717) is 0 Å². The molecule has 2 rings (SSSR count). The first-order valence-corrected chi connectivity index (χ1v) is 5.37. The number of nitrogens with two attached hydrogens (primary N) is 1. The van der Waals surface area contributed by atoms with Crippen molar-refractivity contribution in [2.45, 2.75) is 25.8 Å². The van der Waals surface area contributed by atoms with Crippen LogP contribution in [-0.4, -0.2) is 19.7 Å². The minimum absolute atomic E-state index is 0.406. The summed E-state index contributed by atoms with van der Waals surface area (Å²) in [4.78, 5) is 7.58. The van der Waals surface area contributed by atoms with Crippen molar-refractivity contribution < 1.29 is 0 Å². The van der Waals surface area contributed by atoms with Gasteiger partial charge in [-0.15, -0.1) is 0 Å². The van der Waals surface area contributed by atoms with Gasteiger partial charge in [0.05, 0.1) is 23.1 Å². The molecule has 0 aliphatic carbocycles. The van der Waals surface area contributed by atoms with Crippen molar-refractivity contribution >= 4 is 0 Å². The van der Waals surface area contributed by atoms with E-state index >= 15 is 0 Å². The van der Waals surface area contributed by atoms with Crippen molar-refractivity contribution in [3.05, 3.63) is 24.3 Å². The van der Waals surface area contributed by atoms with Gasteiger partial charge >= 0.3 is 0 Å². The Morgan fingerprint density at radius 3 is 2.88 bits per heavy atom. The zero-order valence-corrected chi connectivity index (χ0v) is 9.86. The highest BCUT2D eigenvalue weighted by molar-refractivity contribution is 5.53. The van der Waals surface area contributed by atoms with Gasteiger partial charge in [0.1, 0.15) is 5.82 Å². The fraction of sp³-hybridized carbons (Fsp3) is 0.455. The Bertz CT molecular complexity index is 480. The van der Waals surface area contributed by atoms with Crippen molar-refractivity contribution in [1.82, 2.24) is 19.7 Å². The van der Waals surface area contributed by atoms with E-state index in [2.05, 4.69) is 15.1 Å². The van der Waals surface area contributed by atoms with E-state index in [1.54, 1.807) is 17.1 Å². The fourth-order valence-electron chi connectivity index (χ4n) is 1.55. The summed E-state index contributed by atoms with van der Waals surface area (Å²) in [6, 6.07) is 1.94. The topological polar surface area (TPSA) is 72.5 Å². The van der Waals surface area contributed by atoms with Crippen LogP contribution < -0.4 is 5.73 Å². The van der Waals surface area contributed by atoms with Gasteiger partial charge in [-0.2, -0.15) is 5.10 Å². The highest BCUT2D eigenvalue weighted by Crippen LogP contribution is 2.22. The van der Waals surface area contributed by atoms with Gasteiger partial charge in [0.15, 0.2) is 0 Å². The number of rotatable bonds is 3. The van der Waals surface area contributed by atoms with Gasteiger partial charge in [0, 0.05) is 13.2 Å². The monoisotopic (exact) mass is 219 g/mol. The van der Waals surface area contributed by atoms with E-state index in [0.717, 1.165) is 23.6 Å². The lowest BCUT2D eigenvalue weighted by molar-refractivity contribution is 0.450. The van der Waals surface area contributed by atoms with Gasteiger partial charge in [-0.25, -0.2) is 4.98 Å². The summed E-state index contributed by atoms with van der Waals surface area (Å²) in [7, 11) is 1.90. The summed E-state index contributed by atoms with van der Waals surface area (Å²) in [6.07, 6.45) is 4.40. The SMILES string of the molecule is CCC(C)(N)c1ncc(-c2ccnn2C)[nH]1. The second-order valence-electron chi connectivity index (χ2n) is 4.26. The van der Waals surface area contributed by atoms with Gasteiger partial charge < -0.3 is 10.7 Å². The van der Waals surface area contributed by atoms with Crippen LogP contribution in [0.3, 0.4) is 0 Å². The van der Waals surface area contributed by atoms with E-state index in [-0.39, 0.29) is 0 Å². The number of nitrogens with one attached hydrogen (secondary N) is 1. The van der Waals surface area contributed by atoms with Crippen LogP contribution in [0.15, 0.2) is 18.5 Å². The maximum atomic E-state index is 6.13. The summed E-state index contributed by atoms with van der Waals surface area (Å²) in [5.74, 6) is 0.811. The predicted octanol–water partition coefficient (Wildman–Crippen LogP) is 1.39. The summed E-state index contributed by atoms with van der Waals surface area (Å²) < 4.78 is 1.80. The molecule has 1 unspecified atom stereocenters. The summed E-state index contributed by atoms with van der Waals surface area (Å²) in [6.45, 7) is 4.02. The molecule has 0 aliphatic heterocycles. The second kappa shape index (κ2) is 3.75. The van der Waals surface area contributed by atoms with Crippen molar-refractivity contribution in [2.24, 2.45) is 12.8 Å². The third-order valence-corrected chi connectivity index (χ3v) is 2.95. The molecule has 16 heavy (non-hydrogen) atoms. The fourth-order valence-corrected chi connectivity index (χ4v) is 1.55. The maximum absolute atomic E-state index is 6.13. The van der Waals surface area contributed by atoms with Crippen molar-refractivity contribution in [2.75, 3.05) is 0 Å². The molecule has 3 N–H and O–H groups in total. The molecule has 0 aromatic carbocycles. The highest BCUT2D eigenvalue weighted by atomic mass is 15.3. The first-order chi connectivity index (χ1) is 7.54. The van der Waals surface area contributed by atoms with Gasteiger partial charge in [0.25, 0.3) is 0 Å². The summed E-state index contributed by atoms with van der Waals surface area (Å²) in [5.41, 5.74) is 7.67. The Kier molecular flexibility index (Phi) is 2.55. The third-order valence-electron chi connectivity index (χ3n) is 2.95. The number of aryl methyl sites for hydroxylation is 1.